The molecule has 0 aliphatic rings. The first-order valence-corrected chi connectivity index (χ1v) is 8.93. The molecule has 0 spiro atoms. The van der Waals surface area contributed by atoms with E-state index in [0.717, 1.165) is 12.2 Å². The van der Waals surface area contributed by atoms with Gasteiger partial charge < -0.3 is 4.98 Å². The van der Waals surface area contributed by atoms with Gasteiger partial charge in [0.25, 0.3) is 0 Å². The van der Waals surface area contributed by atoms with Crippen molar-refractivity contribution in [3.63, 3.8) is 0 Å². The lowest BCUT2D eigenvalue weighted by Crippen LogP contribution is -2.04. The van der Waals surface area contributed by atoms with E-state index in [2.05, 4.69) is 47.2 Å². The normalized spacial score (nSPS) is 12.4. The van der Waals surface area contributed by atoms with Crippen molar-refractivity contribution in [2.24, 2.45) is 0 Å². The highest BCUT2D eigenvalue weighted by molar-refractivity contribution is 5.20. The molecule has 0 bridgehead atoms. The summed E-state index contributed by atoms with van der Waals surface area (Å²) < 4.78 is 0. The number of aromatic amines is 1. The monoisotopic (exact) mass is 298 g/mol. The summed E-state index contributed by atoms with van der Waals surface area (Å²) in [5, 5.41) is 0. The zero-order valence-corrected chi connectivity index (χ0v) is 13.9. The number of aromatic nitrogens is 2. The van der Waals surface area contributed by atoms with E-state index in [4.69, 9.17) is 0 Å². The Morgan fingerprint density at radius 2 is 1.68 bits per heavy atom. The number of benzene rings is 1. The minimum Gasteiger partial charge on any atom is -0.349 e. The summed E-state index contributed by atoms with van der Waals surface area (Å²) in [6.45, 7) is 2.28. The highest BCUT2D eigenvalue weighted by atomic mass is 14.9. The van der Waals surface area contributed by atoms with Crippen LogP contribution < -0.4 is 0 Å². The van der Waals surface area contributed by atoms with Gasteiger partial charge in [-0.15, -0.1) is 0 Å². The Kier molecular flexibility index (Phi) is 7.79. The molecule has 1 aromatic heterocycles. The lowest BCUT2D eigenvalue weighted by molar-refractivity contribution is 0.526. The van der Waals surface area contributed by atoms with Crippen molar-refractivity contribution in [1.29, 1.82) is 0 Å². The fourth-order valence-corrected chi connectivity index (χ4v) is 3.10. The molecular weight excluding hydrogens is 268 g/mol. The van der Waals surface area contributed by atoms with E-state index in [1.807, 2.05) is 12.4 Å². The molecule has 120 valence electrons. The first-order valence-electron chi connectivity index (χ1n) is 8.93. The zero-order valence-electron chi connectivity index (χ0n) is 13.9. The molecule has 2 rings (SSSR count). The Morgan fingerprint density at radius 1 is 0.955 bits per heavy atom. The fourth-order valence-electron chi connectivity index (χ4n) is 3.10. The third kappa shape index (κ3) is 6.05. The summed E-state index contributed by atoms with van der Waals surface area (Å²) in [5.41, 5.74) is 1.45. The number of imidazole rings is 1. The van der Waals surface area contributed by atoms with Crippen LogP contribution in [0.2, 0.25) is 0 Å². The molecule has 0 radical (unpaired) electrons. The molecule has 2 nitrogen and oxygen atoms in total. The molecule has 1 aromatic carbocycles. The second-order valence-electron chi connectivity index (χ2n) is 6.26. The topological polar surface area (TPSA) is 28.7 Å². The molecule has 1 N–H and O–H groups in total. The highest BCUT2D eigenvalue weighted by Crippen LogP contribution is 2.26. The van der Waals surface area contributed by atoms with Crippen LogP contribution in [0.15, 0.2) is 42.7 Å². The minimum atomic E-state index is 0.586. The number of hydrogen-bond acceptors (Lipinski definition) is 1. The van der Waals surface area contributed by atoms with Gasteiger partial charge in [-0.05, 0) is 17.9 Å². The minimum absolute atomic E-state index is 0.586. The third-order valence-corrected chi connectivity index (χ3v) is 4.42. The summed E-state index contributed by atoms with van der Waals surface area (Å²) in [5.74, 6) is 1.69. The van der Waals surface area contributed by atoms with Gasteiger partial charge in [0.15, 0.2) is 0 Å². The summed E-state index contributed by atoms with van der Waals surface area (Å²) in [6.07, 6.45) is 15.7. The van der Waals surface area contributed by atoms with E-state index in [9.17, 15) is 0 Å². The Balaban J connectivity index is 1.78. The molecule has 1 unspecified atom stereocenters. The Bertz CT molecular complexity index is 476. The van der Waals surface area contributed by atoms with Crippen LogP contribution in [0.4, 0.5) is 0 Å². The molecule has 22 heavy (non-hydrogen) atoms. The maximum Gasteiger partial charge on any atom is 0.106 e. The molecule has 0 saturated heterocycles. The van der Waals surface area contributed by atoms with E-state index in [1.54, 1.807) is 0 Å². The lowest BCUT2D eigenvalue weighted by atomic mass is 9.90. The number of H-pyrrole nitrogens is 1. The molecule has 0 aliphatic heterocycles. The molecule has 2 aromatic rings. The van der Waals surface area contributed by atoms with Crippen LogP contribution in [0.3, 0.4) is 0 Å². The van der Waals surface area contributed by atoms with Crippen molar-refractivity contribution in [2.75, 3.05) is 0 Å². The quantitative estimate of drug-likeness (QED) is 0.516. The highest BCUT2D eigenvalue weighted by Gasteiger charge is 2.13. The van der Waals surface area contributed by atoms with Gasteiger partial charge in [0, 0.05) is 18.8 Å². The van der Waals surface area contributed by atoms with Gasteiger partial charge >= 0.3 is 0 Å². The van der Waals surface area contributed by atoms with E-state index in [-0.39, 0.29) is 0 Å². The average molecular weight is 298 g/mol. The van der Waals surface area contributed by atoms with Gasteiger partial charge in [0.2, 0.25) is 0 Å². The molecule has 0 fully saturated rings. The maximum atomic E-state index is 4.40. The molecular formula is C20H30N2. The summed E-state index contributed by atoms with van der Waals surface area (Å²) >= 11 is 0. The van der Waals surface area contributed by atoms with Crippen LogP contribution >= 0.6 is 0 Å². The van der Waals surface area contributed by atoms with Crippen LogP contribution in [-0.2, 0) is 6.42 Å². The van der Waals surface area contributed by atoms with Crippen molar-refractivity contribution in [3.8, 4) is 0 Å². The van der Waals surface area contributed by atoms with Gasteiger partial charge in [0.1, 0.15) is 5.82 Å². The lowest BCUT2D eigenvalue weighted by Gasteiger charge is -2.16. The molecule has 1 atom stereocenters. The molecule has 2 heteroatoms. The van der Waals surface area contributed by atoms with Crippen molar-refractivity contribution in [1.82, 2.24) is 9.97 Å². The van der Waals surface area contributed by atoms with Gasteiger partial charge in [-0.3, -0.25) is 0 Å². The van der Waals surface area contributed by atoms with Crippen molar-refractivity contribution in [2.45, 2.75) is 70.6 Å². The van der Waals surface area contributed by atoms with Gasteiger partial charge in [-0.25, -0.2) is 4.98 Å². The van der Waals surface area contributed by atoms with Crippen LogP contribution in [0.1, 0.15) is 75.6 Å². The predicted molar refractivity (Wildman–Crippen MR) is 94.1 cm³/mol. The molecule has 0 aliphatic carbocycles. The smallest absolute Gasteiger partial charge is 0.106 e. The third-order valence-electron chi connectivity index (χ3n) is 4.42. The van der Waals surface area contributed by atoms with Crippen LogP contribution in [0.5, 0.6) is 0 Å². The van der Waals surface area contributed by atoms with Crippen molar-refractivity contribution in [3.05, 3.63) is 54.1 Å². The number of unbranched alkanes of at least 4 members (excludes halogenated alkanes) is 6. The summed E-state index contributed by atoms with van der Waals surface area (Å²) in [4.78, 5) is 7.66. The van der Waals surface area contributed by atoms with Crippen LogP contribution in [-0.4, -0.2) is 9.97 Å². The summed E-state index contributed by atoms with van der Waals surface area (Å²) in [7, 11) is 0. The number of nitrogens with zero attached hydrogens (tertiary/aromatic N) is 1. The van der Waals surface area contributed by atoms with Crippen LogP contribution in [0, 0.1) is 0 Å². The first kappa shape index (κ1) is 16.8. The zero-order chi connectivity index (χ0) is 15.5. The Labute approximate surface area is 135 Å². The SMILES string of the molecule is CCCCCCCCCC(Cc1ncc[nH]1)c1ccccc1. The molecule has 0 amide bonds. The van der Waals surface area contributed by atoms with E-state index in [0.29, 0.717) is 5.92 Å². The maximum absolute atomic E-state index is 4.40. The van der Waals surface area contributed by atoms with Crippen molar-refractivity contribution < 1.29 is 0 Å². The first-order chi connectivity index (χ1) is 10.9. The predicted octanol–water partition coefficient (Wildman–Crippen LogP) is 5.88. The molecule has 0 saturated carbocycles. The number of nitrogens with one attached hydrogen (secondary N) is 1. The molecule has 1 heterocycles. The van der Waals surface area contributed by atoms with Gasteiger partial charge in [-0.2, -0.15) is 0 Å². The van der Waals surface area contributed by atoms with E-state index in [1.165, 1.54) is 56.9 Å². The van der Waals surface area contributed by atoms with E-state index < -0.39 is 0 Å². The largest absolute Gasteiger partial charge is 0.349 e. The standard InChI is InChI=1S/C20H30N2/c1-2-3-4-5-6-7-9-14-19(17-20-21-15-16-22-20)18-12-10-8-11-13-18/h8,10-13,15-16,19H,2-7,9,14,17H2,1H3,(H,21,22). The number of rotatable bonds is 11. The summed E-state index contributed by atoms with van der Waals surface area (Å²) in [6, 6.07) is 10.9. The van der Waals surface area contributed by atoms with Gasteiger partial charge in [-0.1, -0.05) is 82.2 Å². The van der Waals surface area contributed by atoms with Crippen LogP contribution in [0.25, 0.3) is 0 Å². The van der Waals surface area contributed by atoms with Gasteiger partial charge in [0.05, 0.1) is 0 Å². The van der Waals surface area contributed by atoms with Crippen molar-refractivity contribution >= 4 is 0 Å². The average Bonchev–Trinajstić information content (AvgIpc) is 3.07. The second kappa shape index (κ2) is 10.2. The Morgan fingerprint density at radius 3 is 2.36 bits per heavy atom. The number of hydrogen-bond donors (Lipinski definition) is 1. The Hall–Kier alpha value is -1.57. The van der Waals surface area contributed by atoms with E-state index >= 15 is 0 Å². The fraction of sp³-hybridized carbons (Fsp3) is 0.550. The second-order valence-corrected chi connectivity index (χ2v) is 6.26.